The lowest BCUT2D eigenvalue weighted by Gasteiger charge is -2.24. The number of hydrogen-bond acceptors (Lipinski definition) is 3. The Hall–Kier alpha value is -0.380. The van der Waals surface area contributed by atoms with E-state index in [0.717, 1.165) is 0 Å². The summed E-state index contributed by atoms with van der Waals surface area (Å²) in [5, 5.41) is 5.68. The molecule has 1 rings (SSSR count). The molecule has 0 bridgehead atoms. The van der Waals surface area contributed by atoms with Crippen molar-refractivity contribution in [2.75, 3.05) is 6.54 Å². The van der Waals surface area contributed by atoms with Crippen molar-refractivity contribution < 1.29 is 0 Å². The van der Waals surface area contributed by atoms with E-state index in [1.54, 1.807) is 0 Å². The third-order valence-electron chi connectivity index (χ3n) is 2.33. The smallest absolute Gasteiger partial charge is 0.0440 e. The van der Waals surface area contributed by atoms with Gasteiger partial charge in [-0.3, -0.25) is 0 Å². The first-order chi connectivity index (χ1) is 6.65. The zero-order valence-corrected chi connectivity index (χ0v) is 9.97. The number of rotatable bonds is 5. The molecule has 3 N–H and O–H groups in total. The van der Waals surface area contributed by atoms with Crippen LogP contribution in [0.1, 0.15) is 31.7 Å². The van der Waals surface area contributed by atoms with E-state index >= 15 is 0 Å². The van der Waals surface area contributed by atoms with Crippen LogP contribution in [-0.4, -0.2) is 12.6 Å². The Morgan fingerprint density at radius 3 is 2.57 bits per heavy atom. The van der Waals surface area contributed by atoms with Gasteiger partial charge in [-0.2, -0.15) is 0 Å². The summed E-state index contributed by atoms with van der Waals surface area (Å²) in [6.45, 7) is 7.29. The lowest BCUT2D eigenvalue weighted by atomic mass is 10.0. The van der Waals surface area contributed by atoms with Crippen LogP contribution in [0.2, 0.25) is 0 Å². The van der Waals surface area contributed by atoms with Gasteiger partial charge in [-0.25, -0.2) is 0 Å². The van der Waals surface area contributed by atoms with Crippen LogP contribution < -0.4 is 11.1 Å². The second kappa shape index (κ2) is 5.49. The van der Waals surface area contributed by atoms with Crippen molar-refractivity contribution in [2.45, 2.75) is 32.9 Å². The van der Waals surface area contributed by atoms with E-state index in [9.17, 15) is 0 Å². The SMILES string of the molecule is CC(CN)NC(c1cccs1)C(C)C. The molecular formula is C11H20N2S. The third-order valence-corrected chi connectivity index (χ3v) is 3.29. The molecule has 0 aliphatic rings. The van der Waals surface area contributed by atoms with Crippen LogP contribution in [0, 0.1) is 5.92 Å². The van der Waals surface area contributed by atoms with Crippen LogP contribution in [0.3, 0.4) is 0 Å². The van der Waals surface area contributed by atoms with Crippen molar-refractivity contribution in [1.82, 2.24) is 5.32 Å². The minimum Gasteiger partial charge on any atom is -0.329 e. The highest BCUT2D eigenvalue weighted by atomic mass is 32.1. The summed E-state index contributed by atoms with van der Waals surface area (Å²) >= 11 is 1.81. The van der Waals surface area contributed by atoms with Crippen molar-refractivity contribution in [1.29, 1.82) is 0 Å². The molecule has 0 radical (unpaired) electrons. The van der Waals surface area contributed by atoms with Gasteiger partial charge in [0.2, 0.25) is 0 Å². The molecule has 0 saturated heterocycles. The fraction of sp³-hybridized carbons (Fsp3) is 0.636. The van der Waals surface area contributed by atoms with Crippen molar-refractivity contribution in [3.05, 3.63) is 22.4 Å². The maximum Gasteiger partial charge on any atom is 0.0440 e. The summed E-state index contributed by atoms with van der Waals surface area (Å²) in [5.74, 6) is 0.600. The predicted molar refractivity (Wildman–Crippen MR) is 63.6 cm³/mol. The Kier molecular flexibility index (Phi) is 4.58. The van der Waals surface area contributed by atoms with Crippen LogP contribution in [-0.2, 0) is 0 Å². The summed E-state index contributed by atoms with van der Waals surface area (Å²) in [6.07, 6.45) is 0. The second-order valence-electron chi connectivity index (χ2n) is 4.04. The molecule has 1 aromatic rings. The van der Waals surface area contributed by atoms with Crippen molar-refractivity contribution in [3.8, 4) is 0 Å². The molecule has 1 heterocycles. The molecule has 0 aliphatic heterocycles. The van der Waals surface area contributed by atoms with Gasteiger partial charge in [0.25, 0.3) is 0 Å². The van der Waals surface area contributed by atoms with Gasteiger partial charge < -0.3 is 11.1 Å². The van der Waals surface area contributed by atoms with E-state index in [0.29, 0.717) is 24.5 Å². The highest BCUT2D eigenvalue weighted by Crippen LogP contribution is 2.25. The average molecular weight is 212 g/mol. The van der Waals surface area contributed by atoms with Gasteiger partial charge >= 0.3 is 0 Å². The van der Waals surface area contributed by atoms with Crippen molar-refractivity contribution >= 4 is 11.3 Å². The lowest BCUT2D eigenvalue weighted by Crippen LogP contribution is -2.37. The monoisotopic (exact) mass is 212 g/mol. The quantitative estimate of drug-likeness (QED) is 0.786. The molecule has 80 valence electrons. The predicted octanol–water partition coefficient (Wildman–Crippen LogP) is 2.38. The molecule has 0 saturated carbocycles. The van der Waals surface area contributed by atoms with Crippen molar-refractivity contribution in [3.63, 3.8) is 0 Å². The molecule has 2 nitrogen and oxygen atoms in total. The fourth-order valence-electron chi connectivity index (χ4n) is 1.45. The molecule has 0 aromatic carbocycles. The number of nitrogens with two attached hydrogens (primary N) is 1. The Morgan fingerprint density at radius 2 is 2.14 bits per heavy atom. The lowest BCUT2D eigenvalue weighted by molar-refractivity contribution is 0.377. The molecule has 2 unspecified atom stereocenters. The van der Waals surface area contributed by atoms with Crippen LogP contribution in [0.25, 0.3) is 0 Å². The maximum absolute atomic E-state index is 5.61. The van der Waals surface area contributed by atoms with E-state index in [1.807, 2.05) is 11.3 Å². The highest BCUT2D eigenvalue weighted by molar-refractivity contribution is 7.10. The summed E-state index contributed by atoms with van der Waals surface area (Å²) in [4.78, 5) is 1.40. The molecule has 0 aliphatic carbocycles. The topological polar surface area (TPSA) is 38.0 Å². The summed E-state index contributed by atoms with van der Waals surface area (Å²) in [6, 6.07) is 5.11. The Bertz CT molecular complexity index is 244. The Morgan fingerprint density at radius 1 is 1.43 bits per heavy atom. The average Bonchev–Trinajstić information content (AvgIpc) is 2.65. The molecule has 14 heavy (non-hydrogen) atoms. The van der Waals surface area contributed by atoms with E-state index < -0.39 is 0 Å². The van der Waals surface area contributed by atoms with E-state index in [-0.39, 0.29) is 0 Å². The van der Waals surface area contributed by atoms with E-state index in [4.69, 9.17) is 5.73 Å². The largest absolute Gasteiger partial charge is 0.329 e. The van der Waals surface area contributed by atoms with Gasteiger partial charge in [-0.05, 0) is 24.3 Å². The van der Waals surface area contributed by atoms with E-state index in [1.165, 1.54) is 4.88 Å². The standard InChI is InChI=1S/C11H20N2S/c1-8(2)11(13-9(3)7-12)10-5-4-6-14-10/h4-6,8-9,11,13H,7,12H2,1-3H3. The first-order valence-electron chi connectivity index (χ1n) is 5.14. The third kappa shape index (κ3) is 3.08. The summed E-state index contributed by atoms with van der Waals surface area (Å²) in [5.41, 5.74) is 5.61. The number of thiophene rings is 1. The van der Waals surface area contributed by atoms with Gasteiger partial charge in [-0.1, -0.05) is 19.9 Å². The Labute approximate surface area is 90.5 Å². The zero-order chi connectivity index (χ0) is 10.6. The first-order valence-corrected chi connectivity index (χ1v) is 6.02. The fourth-order valence-corrected chi connectivity index (χ4v) is 2.40. The number of hydrogen-bond donors (Lipinski definition) is 2. The summed E-state index contributed by atoms with van der Waals surface area (Å²) < 4.78 is 0. The molecule has 0 amide bonds. The van der Waals surface area contributed by atoms with E-state index in [2.05, 4.69) is 43.6 Å². The molecular weight excluding hydrogens is 192 g/mol. The Balaban J connectivity index is 2.66. The minimum absolute atomic E-state index is 0.379. The zero-order valence-electron chi connectivity index (χ0n) is 9.16. The molecule has 2 atom stereocenters. The van der Waals surface area contributed by atoms with Crippen LogP contribution >= 0.6 is 11.3 Å². The molecule has 0 fully saturated rings. The van der Waals surface area contributed by atoms with Crippen LogP contribution in [0.4, 0.5) is 0 Å². The van der Waals surface area contributed by atoms with Crippen LogP contribution in [0.15, 0.2) is 17.5 Å². The molecule has 3 heteroatoms. The van der Waals surface area contributed by atoms with Gasteiger partial charge in [0.1, 0.15) is 0 Å². The van der Waals surface area contributed by atoms with Crippen molar-refractivity contribution in [2.24, 2.45) is 11.7 Å². The van der Waals surface area contributed by atoms with Gasteiger partial charge in [0.15, 0.2) is 0 Å². The molecule has 0 spiro atoms. The summed E-state index contributed by atoms with van der Waals surface area (Å²) in [7, 11) is 0. The minimum atomic E-state index is 0.379. The van der Waals surface area contributed by atoms with Gasteiger partial charge in [0, 0.05) is 23.5 Å². The number of nitrogens with one attached hydrogen (secondary N) is 1. The van der Waals surface area contributed by atoms with Gasteiger partial charge in [-0.15, -0.1) is 11.3 Å². The van der Waals surface area contributed by atoms with Crippen LogP contribution in [0.5, 0.6) is 0 Å². The molecule has 1 aromatic heterocycles. The first kappa shape index (κ1) is 11.7. The maximum atomic E-state index is 5.61. The normalized spacial score (nSPS) is 15.8. The van der Waals surface area contributed by atoms with Gasteiger partial charge in [0.05, 0.1) is 0 Å². The highest BCUT2D eigenvalue weighted by Gasteiger charge is 2.17. The second-order valence-corrected chi connectivity index (χ2v) is 5.02.